The molecule has 18 heavy (non-hydrogen) atoms. The highest BCUT2D eigenvalue weighted by atomic mass is 16.2. The number of imide groups is 1. The van der Waals surface area contributed by atoms with Crippen LogP contribution in [0.3, 0.4) is 0 Å². The zero-order valence-corrected chi connectivity index (χ0v) is 11.4. The van der Waals surface area contributed by atoms with Crippen LogP contribution < -0.4 is 5.32 Å². The zero-order chi connectivity index (χ0) is 13.8. The first-order valence-corrected chi connectivity index (χ1v) is 6.65. The second-order valence-corrected chi connectivity index (χ2v) is 4.33. The predicted molar refractivity (Wildman–Crippen MR) is 70.1 cm³/mol. The molecule has 5 nitrogen and oxygen atoms in total. The van der Waals surface area contributed by atoms with Crippen LogP contribution >= 0.6 is 0 Å². The second-order valence-electron chi connectivity index (χ2n) is 4.33. The van der Waals surface area contributed by atoms with Crippen molar-refractivity contribution in [3.05, 3.63) is 0 Å². The number of rotatable bonds is 10. The number of carbonyl (C=O) groups excluding carboxylic acids is 3. The van der Waals surface area contributed by atoms with Gasteiger partial charge in [0.25, 0.3) is 5.91 Å². The number of nitrogens with zero attached hydrogens (tertiary/aromatic N) is 1. The molecule has 0 atom stereocenters. The molecule has 1 N–H and O–H groups in total. The third kappa shape index (κ3) is 8.87. The SMILES string of the molecule is CCCCN(CCCC)CCC(=O)NC(=O)C=O. The molecular formula is C13H24N2O3. The minimum Gasteiger partial charge on any atom is -0.303 e. The van der Waals surface area contributed by atoms with Crippen LogP contribution in [-0.4, -0.2) is 42.6 Å². The summed E-state index contributed by atoms with van der Waals surface area (Å²) in [6.07, 6.45) is 4.84. The van der Waals surface area contributed by atoms with Crippen molar-refractivity contribution in [1.82, 2.24) is 10.2 Å². The van der Waals surface area contributed by atoms with Crippen LogP contribution in [0.4, 0.5) is 0 Å². The van der Waals surface area contributed by atoms with Gasteiger partial charge in [0.05, 0.1) is 0 Å². The standard InChI is InChI=1S/C13H24N2O3/c1-3-5-8-15(9-6-4-2)10-7-12(17)14-13(18)11-16/h11H,3-10H2,1-2H3,(H,14,17,18). The van der Waals surface area contributed by atoms with E-state index in [4.69, 9.17) is 0 Å². The highest BCUT2D eigenvalue weighted by Gasteiger charge is 2.09. The molecular weight excluding hydrogens is 232 g/mol. The van der Waals surface area contributed by atoms with Crippen molar-refractivity contribution in [2.24, 2.45) is 0 Å². The Bertz CT molecular complexity index is 259. The number of carbonyl (C=O) groups is 3. The summed E-state index contributed by atoms with van der Waals surface area (Å²) in [6, 6.07) is 0. The smallest absolute Gasteiger partial charge is 0.290 e. The molecule has 0 aromatic carbocycles. The number of unbranched alkanes of at least 4 members (excludes halogenated alkanes) is 2. The van der Waals surface area contributed by atoms with Crippen molar-refractivity contribution in [2.45, 2.75) is 46.0 Å². The quantitative estimate of drug-likeness (QED) is 0.470. The van der Waals surface area contributed by atoms with Crippen molar-refractivity contribution in [3.63, 3.8) is 0 Å². The first kappa shape index (κ1) is 16.8. The molecule has 0 fully saturated rings. The molecule has 104 valence electrons. The molecule has 5 heteroatoms. The molecule has 2 amide bonds. The van der Waals surface area contributed by atoms with Crippen LogP contribution in [0.15, 0.2) is 0 Å². The van der Waals surface area contributed by atoms with E-state index in [1.165, 1.54) is 0 Å². The second kappa shape index (κ2) is 10.9. The van der Waals surface area contributed by atoms with Crippen LogP contribution in [0.1, 0.15) is 46.0 Å². The minimum atomic E-state index is -0.867. The number of aldehydes is 1. The molecule has 0 bridgehead atoms. The lowest BCUT2D eigenvalue weighted by Gasteiger charge is -2.21. The van der Waals surface area contributed by atoms with Gasteiger partial charge in [0.1, 0.15) is 0 Å². The Morgan fingerprint density at radius 1 is 1.06 bits per heavy atom. The van der Waals surface area contributed by atoms with Crippen molar-refractivity contribution >= 4 is 18.1 Å². The highest BCUT2D eigenvalue weighted by molar-refractivity contribution is 6.27. The Kier molecular flexibility index (Phi) is 10.2. The molecule has 0 saturated heterocycles. The maximum Gasteiger partial charge on any atom is 0.290 e. The summed E-state index contributed by atoms with van der Waals surface area (Å²) in [6.45, 7) is 6.86. The van der Waals surface area contributed by atoms with Crippen LogP contribution in [0.2, 0.25) is 0 Å². The number of nitrogens with one attached hydrogen (secondary N) is 1. The van der Waals surface area contributed by atoms with Gasteiger partial charge in [0.15, 0.2) is 0 Å². The molecule has 0 saturated carbocycles. The van der Waals surface area contributed by atoms with Crippen molar-refractivity contribution < 1.29 is 14.4 Å². The van der Waals surface area contributed by atoms with Gasteiger partial charge in [-0.05, 0) is 25.9 Å². The largest absolute Gasteiger partial charge is 0.303 e. The molecule has 0 rings (SSSR count). The van der Waals surface area contributed by atoms with E-state index in [0.29, 0.717) is 6.54 Å². The van der Waals surface area contributed by atoms with E-state index in [0.717, 1.165) is 38.8 Å². The summed E-state index contributed by atoms with van der Waals surface area (Å²) in [5.74, 6) is -1.25. The topological polar surface area (TPSA) is 66.5 Å². The van der Waals surface area contributed by atoms with Gasteiger partial charge < -0.3 is 4.90 Å². The first-order chi connectivity index (χ1) is 8.63. The summed E-state index contributed by atoms with van der Waals surface area (Å²) in [5, 5.41) is 2.02. The number of amides is 2. The van der Waals surface area contributed by atoms with E-state index in [1.807, 2.05) is 5.32 Å². The molecule has 0 spiro atoms. The van der Waals surface area contributed by atoms with E-state index in [1.54, 1.807) is 0 Å². The molecule has 0 unspecified atom stereocenters. The fraction of sp³-hybridized carbons (Fsp3) is 0.769. The minimum absolute atomic E-state index is 0.115. The van der Waals surface area contributed by atoms with Crippen LogP contribution in [0, 0.1) is 0 Å². The van der Waals surface area contributed by atoms with E-state index < -0.39 is 5.91 Å². The molecule has 0 aliphatic carbocycles. The first-order valence-electron chi connectivity index (χ1n) is 6.65. The molecule has 0 heterocycles. The Morgan fingerprint density at radius 2 is 1.61 bits per heavy atom. The highest BCUT2D eigenvalue weighted by Crippen LogP contribution is 2.00. The Morgan fingerprint density at radius 3 is 2.06 bits per heavy atom. The lowest BCUT2D eigenvalue weighted by molar-refractivity contribution is -0.136. The number of hydrogen-bond donors (Lipinski definition) is 1. The van der Waals surface area contributed by atoms with E-state index >= 15 is 0 Å². The molecule has 0 aliphatic rings. The molecule has 0 aromatic heterocycles. The Balaban J connectivity index is 3.95. The maximum absolute atomic E-state index is 11.3. The Labute approximate surface area is 109 Å². The zero-order valence-electron chi connectivity index (χ0n) is 11.4. The maximum atomic E-state index is 11.3. The summed E-state index contributed by atoms with van der Waals surface area (Å²) < 4.78 is 0. The van der Waals surface area contributed by atoms with Crippen molar-refractivity contribution in [2.75, 3.05) is 19.6 Å². The van der Waals surface area contributed by atoms with Gasteiger partial charge in [0.2, 0.25) is 12.2 Å². The van der Waals surface area contributed by atoms with Gasteiger partial charge in [0, 0.05) is 13.0 Å². The fourth-order valence-corrected chi connectivity index (χ4v) is 1.59. The average molecular weight is 256 g/mol. The van der Waals surface area contributed by atoms with Gasteiger partial charge in [-0.3, -0.25) is 19.7 Å². The monoisotopic (exact) mass is 256 g/mol. The predicted octanol–water partition coefficient (Wildman–Crippen LogP) is 1.12. The van der Waals surface area contributed by atoms with Gasteiger partial charge in [-0.1, -0.05) is 26.7 Å². The van der Waals surface area contributed by atoms with Crippen molar-refractivity contribution in [3.8, 4) is 0 Å². The summed E-state index contributed by atoms with van der Waals surface area (Å²) >= 11 is 0. The van der Waals surface area contributed by atoms with E-state index in [-0.39, 0.29) is 18.6 Å². The van der Waals surface area contributed by atoms with Crippen LogP contribution in [0.25, 0.3) is 0 Å². The Hall–Kier alpha value is -1.23. The number of hydrogen-bond acceptors (Lipinski definition) is 4. The van der Waals surface area contributed by atoms with Gasteiger partial charge in [-0.15, -0.1) is 0 Å². The molecule has 0 aliphatic heterocycles. The lowest BCUT2D eigenvalue weighted by atomic mass is 10.2. The summed E-state index contributed by atoms with van der Waals surface area (Å²) in [5.41, 5.74) is 0. The summed E-state index contributed by atoms with van der Waals surface area (Å²) in [7, 11) is 0. The van der Waals surface area contributed by atoms with E-state index in [2.05, 4.69) is 18.7 Å². The van der Waals surface area contributed by atoms with Gasteiger partial charge in [-0.2, -0.15) is 0 Å². The van der Waals surface area contributed by atoms with Gasteiger partial charge >= 0.3 is 0 Å². The van der Waals surface area contributed by atoms with Crippen LogP contribution in [0.5, 0.6) is 0 Å². The average Bonchev–Trinajstić information content (AvgIpc) is 2.37. The lowest BCUT2D eigenvalue weighted by Crippen LogP contribution is -2.35. The third-order valence-electron chi connectivity index (χ3n) is 2.68. The van der Waals surface area contributed by atoms with Crippen molar-refractivity contribution in [1.29, 1.82) is 0 Å². The van der Waals surface area contributed by atoms with Gasteiger partial charge in [-0.25, -0.2) is 0 Å². The van der Waals surface area contributed by atoms with E-state index in [9.17, 15) is 14.4 Å². The summed E-state index contributed by atoms with van der Waals surface area (Å²) in [4.78, 5) is 34.4. The molecule has 0 radical (unpaired) electrons. The normalized spacial score (nSPS) is 10.4. The third-order valence-corrected chi connectivity index (χ3v) is 2.68. The van der Waals surface area contributed by atoms with Crippen LogP contribution in [-0.2, 0) is 14.4 Å². The molecule has 0 aromatic rings. The fourth-order valence-electron chi connectivity index (χ4n) is 1.59.